The molecule has 1 fully saturated rings. The van der Waals surface area contributed by atoms with E-state index in [2.05, 4.69) is 0 Å². The Morgan fingerprint density at radius 2 is 1.92 bits per heavy atom. The van der Waals surface area contributed by atoms with Gasteiger partial charge < -0.3 is 9.64 Å². The van der Waals surface area contributed by atoms with Crippen LogP contribution in [0.4, 0.5) is 0 Å². The first-order valence-electron chi connectivity index (χ1n) is 8.73. The number of rotatable bonds is 6. The van der Waals surface area contributed by atoms with Gasteiger partial charge in [0.05, 0.1) is 18.1 Å². The molecule has 0 atom stereocenters. The van der Waals surface area contributed by atoms with Crippen molar-refractivity contribution in [2.75, 3.05) is 39.9 Å². The Hall–Kier alpha value is -1.44. The molecule has 6 nitrogen and oxygen atoms in total. The first-order valence-corrected chi connectivity index (χ1v) is 10.2. The zero-order valence-corrected chi connectivity index (χ0v) is 16.3. The normalized spacial score (nSPS) is 16.2. The number of carbonyl (C=O) groups excluding carboxylic acids is 1. The van der Waals surface area contributed by atoms with Crippen LogP contribution in [0.5, 0.6) is 0 Å². The molecule has 7 heteroatoms. The van der Waals surface area contributed by atoms with Crippen molar-refractivity contribution >= 4 is 15.9 Å². The summed E-state index contributed by atoms with van der Waals surface area (Å²) in [6, 6.07) is 5.00. The summed E-state index contributed by atoms with van der Waals surface area (Å²) in [6.07, 6.45) is 0.592. The average molecular weight is 368 g/mol. The van der Waals surface area contributed by atoms with E-state index in [1.54, 1.807) is 24.1 Å². The topological polar surface area (TPSA) is 66.9 Å². The number of benzene rings is 1. The van der Waals surface area contributed by atoms with Crippen LogP contribution in [-0.4, -0.2) is 63.4 Å². The fourth-order valence-electron chi connectivity index (χ4n) is 3.00. The lowest BCUT2D eigenvalue weighted by Gasteiger charge is -2.27. The van der Waals surface area contributed by atoms with Gasteiger partial charge in [0.1, 0.15) is 0 Å². The molecule has 1 amide bonds. The molecule has 1 aliphatic heterocycles. The molecule has 0 radical (unpaired) electrons. The maximum atomic E-state index is 13.0. The monoisotopic (exact) mass is 368 g/mol. The molecule has 1 aromatic rings. The van der Waals surface area contributed by atoms with Crippen molar-refractivity contribution in [3.05, 3.63) is 29.3 Å². The maximum absolute atomic E-state index is 13.0. The lowest BCUT2D eigenvalue weighted by molar-refractivity contribution is 0.0729. The second-order valence-electron chi connectivity index (χ2n) is 6.77. The molecule has 0 spiro atoms. The molecule has 1 aromatic carbocycles. The van der Waals surface area contributed by atoms with Crippen molar-refractivity contribution in [2.24, 2.45) is 5.92 Å². The van der Waals surface area contributed by atoms with Crippen molar-refractivity contribution in [1.29, 1.82) is 0 Å². The predicted molar refractivity (Wildman–Crippen MR) is 97.2 cm³/mol. The number of nitrogens with zero attached hydrogens (tertiary/aromatic N) is 2. The smallest absolute Gasteiger partial charge is 0.253 e. The minimum absolute atomic E-state index is 0.158. The van der Waals surface area contributed by atoms with E-state index in [9.17, 15) is 13.2 Å². The molecule has 0 aromatic heterocycles. The number of hydrogen-bond donors (Lipinski definition) is 0. The highest BCUT2D eigenvalue weighted by atomic mass is 32.2. The van der Waals surface area contributed by atoms with E-state index in [4.69, 9.17) is 4.74 Å². The van der Waals surface area contributed by atoms with Gasteiger partial charge in [0.15, 0.2) is 0 Å². The third kappa shape index (κ3) is 4.59. The number of aryl methyl sites for hydroxylation is 1. The van der Waals surface area contributed by atoms with Crippen molar-refractivity contribution < 1.29 is 17.9 Å². The molecule has 25 heavy (non-hydrogen) atoms. The minimum Gasteiger partial charge on any atom is -0.379 e. The molecule has 0 unspecified atom stereocenters. The SMILES string of the molecule is CCc1ccc(C(=O)N(C)CC(C)C)cc1S(=O)(=O)N1CCOCC1. The molecule has 0 aliphatic carbocycles. The van der Waals surface area contributed by atoms with Gasteiger partial charge >= 0.3 is 0 Å². The van der Waals surface area contributed by atoms with E-state index in [1.165, 1.54) is 10.4 Å². The third-order valence-electron chi connectivity index (χ3n) is 4.27. The molecule has 1 aliphatic rings. The summed E-state index contributed by atoms with van der Waals surface area (Å²) in [5.41, 5.74) is 1.14. The predicted octanol–water partition coefficient (Wildman–Crippen LogP) is 2.00. The second-order valence-corrected chi connectivity index (χ2v) is 8.68. The van der Waals surface area contributed by atoms with Crippen LogP contribution in [0.15, 0.2) is 23.1 Å². The maximum Gasteiger partial charge on any atom is 0.253 e. The van der Waals surface area contributed by atoms with Crippen LogP contribution in [0.2, 0.25) is 0 Å². The van der Waals surface area contributed by atoms with Crippen LogP contribution >= 0.6 is 0 Å². The molecule has 2 rings (SSSR count). The largest absolute Gasteiger partial charge is 0.379 e. The zero-order chi connectivity index (χ0) is 18.6. The molecule has 1 heterocycles. The minimum atomic E-state index is -3.63. The van der Waals surface area contributed by atoms with Crippen molar-refractivity contribution in [2.45, 2.75) is 32.1 Å². The van der Waals surface area contributed by atoms with Gasteiger partial charge in [0, 0.05) is 32.2 Å². The Morgan fingerprint density at radius 3 is 2.48 bits per heavy atom. The Bertz CT molecular complexity index is 710. The number of ether oxygens (including phenoxy) is 1. The van der Waals surface area contributed by atoms with Gasteiger partial charge in [-0.3, -0.25) is 4.79 Å². The van der Waals surface area contributed by atoms with Gasteiger partial charge in [-0.05, 0) is 30.0 Å². The molecule has 0 saturated carbocycles. The van der Waals surface area contributed by atoms with Crippen LogP contribution in [-0.2, 0) is 21.2 Å². The molecular weight excluding hydrogens is 340 g/mol. The summed E-state index contributed by atoms with van der Waals surface area (Å²) in [4.78, 5) is 14.5. The van der Waals surface area contributed by atoms with Gasteiger partial charge in [-0.1, -0.05) is 26.8 Å². The number of hydrogen-bond acceptors (Lipinski definition) is 4. The van der Waals surface area contributed by atoms with Crippen LogP contribution in [0.1, 0.15) is 36.7 Å². The van der Waals surface area contributed by atoms with E-state index in [-0.39, 0.29) is 10.8 Å². The quantitative estimate of drug-likeness (QED) is 0.770. The lowest BCUT2D eigenvalue weighted by atomic mass is 10.1. The van der Waals surface area contributed by atoms with E-state index in [0.717, 1.165) is 5.56 Å². The highest BCUT2D eigenvalue weighted by molar-refractivity contribution is 7.89. The number of morpholine rings is 1. The Morgan fingerprint density at radius 1 is 1.28 bits per heavy atom. The third-order valence-corrected chi connectivity index (χ3v) is 6.25. The lowest BCUT2D eigenvalue weighted by Crippen LogP contribution is -2.41. The van der Waals surface area contributed by atoms with Gasteiger partial charge in [-0.15, -0.1) is 0 Å². The highest BCUT2D eigenvalue weighted by Gasteiger charge is 2.29. The van der Waals surface area contributed by atoms with E-state index < -0.39 is 10.0 Å². The molecule has 0 N–H and O–H groups in total. The molecule has 0 bridgehead atoms. The fourth-order valence-corrected chi connectivity index (χ4v) is 4.72. The Kier molecular flexibility index (Phi) is 6.59. The molecule has 1 saturated heterocycles. The second kappa shape index (κ2) is 8.29. The summed E-state index contributed by atoms with van der Waals surface area (Å²) in [5, 5.41) is 0. The zero-order valence-electron chi connectivity index (χ0n) is 15.5. The first kappa shape index (κ1) is 19.9. The summed E-state index contributed by atoms with van der Waals surface area (Å²) < 4.78 is 32.8. The van der Waals surface area contributed by atoms with Gasteiger partial charge in [0.2, 0.25) is 10.0 Å². The van der Waals surface area contributed by atoms with Crippen molar-refractivity contribution in [3.8, 4) is 0 Å². The number of amides is 1. The standard InChI is InChI=1S/C18H28N2O4S/c1-5-15-6-7-16(18(21)19(4)13-14(2)3)12-17(15)25(22,23)20-8-10-24-11-9-20/h6-7,12,14H,5,8-11,13H2,1-4H3. The number of sulfonamides is 1. The summed E-state index contributed by atoms with van der Waals surface area (Å²) in [6.45, 7) is 8.11. The molecule has 140 valence electrons. The van der Waals surface area contributed by atoms with Crippen LogP contribution < -0.4 is 0 Å². The van der Waals surface area contributed by atoms with Crippen LogP contribution in [0.3, 0.4) is 0 Å². The first-order chi connectivity index (χ1) is 11.8. The summed E-state index contributed by atoms with van der Waals surface area (Å²) in [7, 11) is -1.88. The van der Waals surface area contributed by atoms with Crippen molar-refractivity contribution in [3.63, 3.8) is 0 Å². The van der Waals surface area contributed by atoms with E-state index >= 15 is 0 Å². The molecular formula is C18H28N2O4S. The van der Waals surface area contributed by atoms with Crippen molar-refractivity contribution in [1.82, 2.24) is 9.21 Å². The highest BCUT2D eigenvalue weighted by Crippen LogP contribution is 2.24. The van der Waals surface area contributed by atoms with E-state index in [0.29, 0.717) is 50.8 Å². The fraction of sp³-hybridized carbons (Fsp3) is 0.611. The van der Waals surface area contributed by atoms with Gasteiger partial charge in [-0.25, -0.2) is 8.42 Å². The summed E-state index contributed by atoms with van der Waals surface area (Å²) >= 11 is 0. The van der Waals surface area contributed by atoms with Crippen LogP contribution in [0, 0.1) is 5.92 Å². The Balaban J connectivity index is 2.38. The average Bonchev–Trinajstić information content (AvgIpc) is 2.60. The van der Waals surface area contributed by atoms with E-state index in [1.807, 2.05) is 20.8 Å². The number of carbonyl (C=O) groups is 1. The van der Waals surface area contributed by atoms with Crippen LogP contribution in [0.25, 0.3) is 0 Å². The van der Waals surface area contributed by atoms with Gasteiger partial charge in [-0.2, -0.15) is 4.31 Å². The van der Waals surface area contributed by atoms with Gasteiger partial charge in [0.25, 0.3) is 5.91 Å². The summed E-state index contributed by atoms with van der Waals surface area (Å²) in [5.74, 6) is 0.190. The Labute approximate surface area is 150 Å².